The highest BCUT2D eigenvalue weighted by Crippen LogP contribution is 2.36. The van der Waals surface area contributed by atoms with Crippen molar-refractivity contribution in [3.8, 4) is 11.5 Å². The Morgan fingerprint density at radius 2 is 1.65 bits per heavy atom. The van der Waals surface area contributed by atoms with Crippen LogP contribution in [0.4, 0.5) is 11.4 Å². The molecule has 0 fully saturated rings. The molecule has 348 valence electrons. The van der Waals surface area contributed by atoms with Gasteiger partial charge in [0, 0.05) is 49.7 Å². The van der Waals surface area contributed by atoms with Gasteiger partial charge in [-0.15, -0.1) is 24.8 Å². The van der Waals surface area contributed by atoms with Gasteiger partial charge in [-0.1, -0.05) is 83.7 Å². The highest BCUT2D eigenvalue weighted by Gasteiger charge is 2.23. The monoisotopic (exact) mass is 998 g/mol. The third-order valence-electron chi connectivity index (χ3n) is 7.87. The molecule has 0 saturated heterocycles. The molecule has 0 heterocycles. The van der Waals surface area contributed by atoms with Gasteiger partial charge in [0.05, 0.1) is 22.7 Å². The number of nitro groups is 1. The SMILES string of the molecule is C=CCN(CC=C)C(=O)C(Cl)Cl.CCOCN(C(=O)CCl)c1c(C)cccc1CC.COC(=O)c1cc(Oc2ccc(Cl)cc2Cl)ccc1[N+](=O)[O-].CP(=O)(O)CCC(N)C(=O)O. The topological polar surface area (TPSA) is 229 Å². The molecule has 16 nitrogen and oxygen atoms in total. The lowest BCUT2D eigenvalue weighted by Gasteiger charge is -2.25. The summed E-state index contributed by atoms with van der Waals surface area (Å²) in [5, 5.41) is 19.9. The fraction of sp³-hybridized carbons (Fsp3) is 0.366. The molecule has 0 aromatic heterocycles. The molecule has 0 aliphatic rings. The van der Waals surface area contributed by atoms with Gasteiger partial charge in [0.1, 0.15) is 35.7 Å². The van der Waals surface area contributed by atoms with E-state index < -0.39 is 35.1 Å². The van der Waals surface area contributed by atoms with Gasteiger partial charge in [-0.25, -0.2) is 4.79 Å². The number of aliphatic carboxylic acids is 1. The van der Waals surface area contributed by atoms with Gasteiger partial charge in [-0.3, -0.25) is 34.0 Å². The van der Waals surface area contributed by atoms with Crippen molar-refractivity contribution in [1.29, 1.82) is 0 Å². The van der Waals surface area contributed by atoms with Crippen LogP contribution < -0.4 is 15.4 Å². The van der Waals surface area contributed by atoms with Gasteiger partial charge in [-0.05, 0) is 62.1 Å². The normalized spacial score (nSPS) is 11.6. The van der Waals surface area contributed by atoms with Gasteiger partial charge in [0.2, 0.25) is 5.91 Å². The second kappa shape index (κ2) is 30.8. The number of nitrogens with zero attached hydrogens (tertiary/aromatic N) is 3. The smallest absolute Gasteiger partial charge is 0.345 e. The Morgan fingerprint density at radius 3 is 2.11 bits per heavy atom. The predicted octanol–water partition coefficient (Wildman–Crippen LogP) is 9.28. The largest absolute Gasteiger partial charge is 0.480 e. The molecule has 4 N–H and O–H groups in total. The first-order valence-corrected chi connectivity index (χ1v) is 23.1. The molecule has 0 radical (unpaired) electrons. The number of amides is 2. The molecule has 0 spiro atoms. The molecule has 2 amide bonds. The Morgan fingerprint density at radius 1 is 1.03 bits per heavy atom. The Hall–Kier alpha value is -4.22. The van der Waals surface area contributed by atoms with E-state index >= 15 is 0 Å². The van der Waals surface area contributed by atoms with E-state index in [0.717, 1.165) is 36.4 Å². The number of carbonyl (C=O) groups is 4. The lowest BCUT2D eigenvalue weighted by Crippen LogP contribution is -2.35. The standard InChI is InChI=1S/C14H9Cl2NO5.C14H20ClNO2.C8H11Cl2NO.C5H12NO4P/c1-21-14(18)10-7-9(3-4-12(10)17(19)20)22-13-5-2-8(15)6-11(13)16;1-4-12-8-6-7-11(3)14(12)16(10-18-5-2)13(17)9-15;1-3-5-11(6-4-2)8(12)7(9)10;1-11(9,10)3-2-4(6)5(7)8/h2-7H,1H3;6-8H,4-5,9-10H2,1-3H3;3-4,7H,1-2,5-6H2;4H,2-3,6H2,1H3,(H,7,8)(H,9,10). The second-order valence-corrected chi connectivity index (χ2v) is 17.5. The zero-order valence-electron chi connectivity index (χ0n) is 35.3. The van der Waals surface area contributed by atoms with E-state index in [2.05, 4.69) is 24.8 Å². The van der Waals surface area contributed by atoms with E-state index in [1.165, 1.54) is 29.8 Å². The lowest BCUT2D eigenvalue weighted by atomic mass is 10.0. The van der Waals surface area contributed by atoms with Crippen LogP contribution in [0.5, 0.6) is 11.5 Å². The number of carboxylic acid groups (broad SMARTS) is 1. The molecule has 0 bridgehead atoms. The van der Waals surface area contributed by atoms with E-state index in [4.69, 9.17) is 83.2 Å². The quantitative estimate of drug-likeness (QED) is 0.0194. The van der Waals surface area contributed by atoms with Gasteiger partial charge >= 0.3 is 11.9 Å². The van der Waals surface area contributed by atoms with E-state index in [9.17, 15) is 33.9 Å². The molecule has 0 aliphatic heterocycles. The summed E-state index contributed by atoms with van der Waals surface area (Å²) in [6, 6.07) is 13.3. The zero-order chi connectivity index (χ0) is 48.4. The van der Waals surface area contributed by atoms with Gasteiger partial charge in [-0.2, -0.15) is 0 Å². The van der Waals surface area contributed by atoms with Crippen molar-refractivity contribution in [2.75, 3.05) is 57.1 Å². The summed E-state index contributed by atoms with van der Waals surface area (Å²) in [4.78, 5) is 66.0. The summed E-state index contributed by atoms with van der Waals surface area (Å²) in [6.07, 6.45) is 4.09. The number of para-hydroxylation sites is 1. The van der Waals surface area contributed by atoms with E-state index in [1.807, 2.05) is 32.0 Å². The first-order chi connectivity index (χ1) is 29.5. The van der Waals surface area contributed by atoms with Crippen molar-refractivity contribution in [2.45, 2.75) is 44.5 Å². The summed E-state index contributed by atoms with van der Waals surface area (Å²) in [7, 11) is -1.97. The third kappa shape index (κ3) is 22.3. The minimum Gasteiger partial charge on any atom is -0.480 e. The average Bonchev–Trinajstić information content (AvgIpc) is 3.23. The molecular formula is C41H52Cl5N4O12P. The van der Waals surface area contributed by atoms with E-state index in [-0.39, 0.29) is 59.0 Å². The number of anilines is 1. The van der Waals surface area contributed by atoms with Crippen molar-refractivity contribution >= 4 is 101 Å². The van der Waals surface area contributed by atoms with Gasteiger partial charge in [0.25, 0.3) is 11.6 Å². The third-order valence-corrected chi connectivity index (χ3v) is 10.1. The Balaban J connectivity index is 0.000000849. The fourth-order valence-electron chi connectivity index (χ4n) is 4.81. The minimum absolute atomic E-state index is 0.0371. The van der Waals surface area contributed by atoms with Crippen LogP contribution in [-0.2, 0) is 34.8 Å². The van der Waals surface area contributed by atoms with Crippen molar-refractivity contribution in [2.24, 2.45) is 5.73 Å². The number of esters is 1. The molecule has 3 aromatic rings. The number of nitro benzene ring substituents is 1. The number of hydrogen-bond acceptors (Lipinski definition) is 11. The molecule has 3 aromatic carbocycles. The number of ether oxygens (including phenoxy) is 3. The first kappa shape index (κ1) is 58.8. The highest BCUT2D eigenvalue weighted by molar-refractivity contribution is 7.57. The number of rotatable bonds is 19. The number of aryl methyl sites for hydroxylation is 2. The maximum Gasteiger partial charge on any atom is 0.345 e. The Kier molecular flexibility index (Phi) is 28.7. The number of benzene rings is 3. The molecule has 63 heavy (non-hydrogen) atoms. The van der Waals surface area contributed by atoms with Crippen LogP contribution in [0, 0.1) is 17.0 Å². The van der Waals surface area contributed by atoms with Crippen LogP contribution >= 0.6 is 65.4 Å². The molecule has 0 aliphatic carbocycles. The number of carboxylic acids is 1. The zero-order valence-corrected chi connectivity index (χ0v) is 40.0. The van der Waals surface area contributed by atoms with Crippen LogP contribution in [-0.4, -0.2) is 107 Å². The van der Waals surface area contributed by atoms with Crippen molar-refractivity contribution in [3.63, 3.8) is 0 Å². The van der Waals surface area contributed by atoms with Crippen LogP contribution in [0.2, 0.25) is 10.0 Å². The van der Waals surface area contributed by atoms with Crippen molar-refractivity contribution in [3.05, 3.63) is 117 Å². The Labute approximate surface area is 392 Å². The molecule has 3 rings (SSSR count). The summed E-state index contributed by atoms with van der Waals surface area (Å²) in [5.41, 5.74) is 7.63. The molecule has 22 heteroatoms. The maximum atomic E-state index is 12.0. The Bertz CT molecular complexity index is 2040. The van der Waals surface area contributed by atoms with Crippen molar-refractivity contribution < 1.29 is 52.9 Å². The summed E-state index contributed by atoms with van der Waals surface area (Å²) < 4.78 is 26.1. The minimum atomic E-state index is -3.10. The number of nitrogens with two attached hydrogens (primary N) is 1. The summed E-state index contributed by atoms with van der Waals surface area (Å²) >= 11 is 28.2. The van der Waals surface area contributed by atoms with Gasteiger partial charge in [0.15, 0.2) is 12.2 Å². The maximum absolute atomic E-state index is 12.0. The average molecular weight is 1000 g/mol. The van der Waals surface area contributed by atoms with Crippen LogP contribution in [0.1, 0.15) is 41.8 Å². The molecule has 0 saturated carbocycles. The molecular weight excluding hydrogens is 949 g/mol. The van der Waals surface area contributed by atoms with Crippen LogP contribution in [0.15, 0.2) is 79.9 Å². The van der Waals surface area contributed by atoms with Crippen molar-refractivity contribution in [1.82, 2.24) is 4.90 Å². The fourth-order valence-corrected chi connectivity index (χ4v) is 6.43. The lowest BCUT2D eigenvalue weighted by molar-refractivity contribution is -0.385. The van der Waals surface area contributed by atoms with Crippen LogP contribution in [0.25, 0.3) is 0 Å². The first-order valence-electron chi connectivity index (χ1n) is 18.6. The molecule has 2 atom stereocenters. The second-order valence-electron chi connectivity index (χ2n) is 12.7. The molecule has 2 unspecified atom stereocenters. The number of hydrogen-bond donors (Lipinski definition) is 3. The number of halogens is 5. The summed E-state index contributed by atoms with van der Waals surface area (Å²) in [6.45, 7) is 15.9. The van der Waals surface area contributed by atoms with Crippen LogP contribution in [0.3, 0.4) is 0 Å². The highest BCUT2D eigenvalue weighted by atomic mass is 35.5. The number of methoxy groups -OCH3 is 1. The number of alkyl halides is 3. The van der Waals surface area contributed by atoms with E-state index in [1.54, 1.807) is 29.2 Å². The van der Waals surface area contributed by atoms with Gasteiger partial charge < -0.3 is 34.8 Å². The predicted molar refractivity (Wildman–Crippen MR) is 250 cm³/mol. The number of carbonyl (C=O) groups excluding carboxylic acids is 3. The van der Waals surface area contributed by atoms with E-state index in [0.29, 0.717) is 30.5 Å². The summed E-state index contributed by atoms with van der Waals surface area (Å²) in [5.74, 6) is -1.96.